The molecule has 1 aromatic heterocycles. The number of halogens is 1. The fourth-order valence-corrected chi connectivity index (χ4v) is 2.14. The van der Waals surface area contributed by atoms with Crippen molar-refractivity contribution < 1.29 is 18.8 Å². The number of aryl methyl sites for hydroxylation is 1. The van der Waals surface area contributed by atoms with E-state index in [4.69, 9.17) is 10.1 Å². The average Bonchev–Trinajstić information content (AvgIpc) is 3.01. The van der Waals surface area contributed by atoms with Gasteiger partial charge in [0.25, 0.3) is 0 Å². The van der Waals surface area contributed by atoms with Crippen molar-refractivity contribution in [1.29, 1.82) is 5.41 Å². The van der Waals surface area contributed by atoms with E-state index in [9.17, 15) is 19.3 Å². The lowest BCUT2D eigenvalue weighted by atomic mass is 10.0. The van der Waals surface area contributed by atoms with Crippen molar-refractivity contribution in [3.8, 4) is 0 Å². The fourth-order valence-electron chi connectivity index (χ4n) is 2.14. The number of benzene rings is 1. The van der Waals surface area contributed by atoms with Crippen LogP contribution in [0.4, 0.5) is 10.1 Å². The van der Waals surface area contributed by atoms with Gasteiger partial charge in [-0.2, -0.15) is 9.49 Å². The molecule has 1 aromatic carbocycles. The SMILES string of the molecule is CCOC(=O)c1cn[nH]c1/C=C\C(=N)c1cc([N+](=O)[O-])c(F)cc1C. The van der Waals surface area contributed by atoms with Crippen LogP contribution in [0.3, 0.4) is 0 Å². The Morgan fingerprint density at radius 2 is 2.20 bits per heavy atom. The van der Waals surface area contributed by atoms with Crippen LogP contribution in [0.1, 0.15) is 34.1 Å². The molecule has 8 nitrogen and oxygen atoms in total. The van der Waals surface area contributed by atoms with Crippen LogP contribution in [-0.2, 0) is 4.74 Å². The Hall–Kier alpha value is -3.36. The number of nitrogens with zero attached hydrogens (tertiary/aromatic N) is 2. The van der Waals surface area contributed by atoms with Gasteiger partial charge in [0.1, 0.15) is 5.56 Å². The van der Waals surface area contributed by atoms with Crippen molar-refractivity contribution in [1.82, 2.24) is 10.2 Å². The summed E-state index contributed by atoms with van der Waals surface area (Å²) in [6.45, 7) is 3.43. The van der Waals surface area contributed by atoms with E-state index in [2.05, 4.69) is 10.2 Å². The number of aromatic amines is 1. The van der Waals surface area contributed by atoms with Gasteiger partial charge in [-0.25, -0.2) is 4.79 Å². The summed E-state index contributed by atoms with van der Waals surface area (Å²) in [5.41, 5.74) is 0.345. The minimum atomic E-state index is -0.957. The maximum atomic E-state index is 13.6. The monoisotopic (exact) mass is 346 g/mol. The number of carbonyl (C=O) groups is 1. The van der Waals surface area contributed by atoms with E-state index < -0.39 is 22.4 Å². The van der Waals surface area contributed by atoms with Crippen LogP contribution in [0.2, 0.25) is 0 Å². The molecule has 2 rings (SSSR count). The van der Waals surface area contributed by atoms with Gasteiger partial charge in [-0.3, -0.25) is 15.2 Å². The standard InChI is InChI=1S/C16H15FN4O4/c1-3-25-16(22)11-8-19-20-14(11)5-4-13(18)10-7-15(21(23)24)12(17)6-9(10)2/h4-8,18H,3H2,1-2H3,(H,19,20)/b5-4-,18-13?. The number of aromatic nitrogens is 2. The lowest BCUT2D eigenvalue weighted by molar-refractivity contribution is -0.387. The molecule has 0 radical (unpaired) electrons. The summed E-state index contributed by atoms with van der Waals surface area (Å²) in [6, 6.07) is 2.02. The predicted molar refractivity (Wildman–Crippen MR) is 88.2 cm³/mol. The molecular formula is C16H15FN4O4. The number of ether oxygens (including phenoxy) is 1. The van der Waals surface area contributed by atoms with Gasteiger partial charge in [0.05, 0.1) is 29.1 Å². The molecule has 1 heterocycles. The summed E-state index contributed by atoms with van der Waals surface area (Å²) in [6.07, 6.45) is 4.06. The second-order valence-corrected chi connectivity index (χ2v) is 5.04. The van der Waals surface area contributed by atoms with Gasteiger partial charge in [0.2, 0.25) is 5.82 Å². The summed E-state index contributed by atoms with van der Waals surface area (Å²) in [5.74, 6) is -1.52. The topological polar surface area (TPSA) is 122 Å². The highest BCUT2D eigenvalue weighted by Crippen LogP contribution is 2.23. The minimum Gasteiger partial charge on any atom is -0.462 e. The van der Waals surface area contributed by atoms with Gasteiger partial charge >= 0.3 is 11.7 Å². The quantitative estimate of drug-likeness (QED) is 0.360. The second kappa shape index (κ2) is 7.47. The molecule has 0 unspecified atom stereocenters. The highest BCUT2D eigenvalue weighted by Gasteiger charge is 2.18. The molecule has 0 aliphatic heterocycles. The van der Waals surface area contributed by atoms with Crippen molar-refractivity contribution in [2.24, 2.45) is 0 Å². The minimum absolute atomic E-state index is 0.0787. The molecule has 25 heavy (non-hydrogen) atoms. The van der Waals surface area contributed by atoms with E-state index in [1.54, 1.807) is 13.8 Å². The number of esters is 1. The molecule has 9 heteroatoms. The zero-order valence-electron chi connectivity index (χ0n) is 13.5. The van der Waals surface area contributed by atoms with Crippen LogP contribution in [-0.4, -0.2) is 33.4 Å². The summed E-state index contributed by atoms with van der Waals surface area (Å²) < 4.78 is 18.5. The molecule has 2 aromatic rings. The molecular weight excluding hydrogens is 331 g/mol. The first-order valence-electron chi connectivity index (χ1n) is 7.27. The summed E-state index contributed by atoms with van der Waals surface area (Å²) in [5, 5.41) is 25.3. The number of hydrogen-bond acceptors (Lipinski definition) is 6. The number of nitro benzene ring substituents is 1. The van der Waals surface area contributed by atoms with E-state index in [0.717, 1.165) is 12.1 Å². The fraction of sp³-hybridized carbons (Fsp3) is 0.188. The Morgan fingerprint density at radius 1 is 1.48 bits per heavy atom. The summed E-state index contributed by atoms with van der Waals surface area (Å²) in [7, 11) is 0. The Bertz CT molecular complexity index is 873. The average molecular weight is 346 g/mol. The zero-order chi connectivity index (χ0) is 18.6. The number of carbonyl (C=O) groups excluding carboxylic acids is 1. The van der Waals surface area contributed by atoms with Crippen molar-refractivity contribution in [3.63, 3.8) is 0 Å². The number of hydrogen-bond donors (Lipinski definition) is 2. The number of rotatable bonds is 6. The Morgan fingerprint density at radius 3 is 2.84 bits per heavy atom. The van der Waals surface area contributed by atoms with Crippen LogP contribution in [0.25, 0.3) is 6.08 Å². The Balaban J connectivity index is 2.31. The van der Waals surface area contributed by atoms with Crippen molar-refractivity contribution in [3.05, 3.63) is 62.7 Å². The number of H-pyrrole nitrogens is 1. The van der Waals surface area contributed by atoms with Gasteiger partial charge in [-0.15, -0.1) is 0 Å². The maximum absolute atomic E-state index is 13.6. The van der Waals surface area contributed by atoms with E-state index in [-0.39, 0.29) is 23.4 Å². The van der Waals surface area contributed by atoms with Crippen molar-refractivity contribution >= 4 is 23.4 Å². The van der Waals surface area contributed by atoms with Gasteiger partial charge < -0.3 is 10.1 Å². The Kier molecular flexibility index (Phi) is 5.38. The first-order valence-corrected chi connectivity index (χ1v) is 7.27. The molecule has 2 N–H and O–H groups in total. The third kappa shape index (κ3) is 3.94. The van der Waals surface area contributed by atoms with E-state index in [0.29, 0.717) is 11.3 Å². The van der Waals surface area contributed by atoms with Crippen LogP contribution in [0.15, 0.2) is 24.4 Å². The lowest BCUT2D eigenvalue weighted by Crippen LogP contribution is -2.05. The number of nitro groups is 1. The molecule has 0 saturated heterocycles. The van der Waals surface area contributed by atoms with Crippen LogP contribution >= 0.6 is 0 Å². The largest absolute Gasteiger partial charge is 0.462 e. The van der Waals surface area contributed by atoms with Crippen LogP contribution < -0.4 is 0 Å². The predicted octanol–water partition coefficient (Wildman–Crippen LogP) is 3.02. The van der Waals surface area contributed by atoms with Gasteiger partial charge in [0, 0.05) is 11.6 Å². The first-order chi connectivity index (χ1) is 11.8. The maximum Gasteiger partial charge on any atom is 0.341 e. The van der Waals surface area contributed by atoms with Gasteiger partial charge in [-0.05, 0) is 37.6 Å². The molecule has 130 valence electrons. The molecule has 0 aliphatic rings. The first kappa shape index (κ1) is 18.0. The molecule has 0 atom stereocenters. The van der Waals surface area contributed by atoms with E-state index in [1.165, 1.54) is 18.3 Å². The molecule has 0 bridgehead atoms. The molecule has 0 amide bonds. The number of allylic oxidation sites excluding steroid dienone is 1. The zero-order valence-corrected chi connectivity index (χ0v) is 13.5. The molecule has 0 fully saturated rings. The smallest absolute Gasteiger partial charge is 0.341 e. The van der Waals surface area contributed by atoms with Crippen molar-refractivity contribution in [2.75, 3.05) is 6.61 Å². The Labute approximate surface area is 142 Å². The second-order valence-electron chi connectivity index (χ2n) is 5.04. The van der Waals surface area contributed by atoms with Gasteiger partial charge in [-0.1, -0.05) is 0 Å². The highest BCUT2D eigenvalue weighted by molar-refractivity contribution is 6.10. The van der Waals surface area contributed by atoms with Crippen LogP contribution in [0.5, 0.6) is 0 Å². The highest BCUT2D eigenvalue weighted by atomic mass is 19.1. The normalized spacial score (nSPS) is 10.8. The number of nitrogens with one attached hydrogen (secondary N) is 2. The summed E-state index contributed by atoms with van der Waals surface area (Å²) in [4.78, 5) is 21.8. The van der Waals surface area contributed by atoms with E-state index >= 15 is 0 Å². The third-order valence-electron chi connectivity index (χ3n) is 3.36. The van der Waals surface area contributed by atoms with Crippen LogP contribution in [0, 0.1) is 28.3 Å². The molecule has 0 aliphatic carbocycles. The van der Waals surface area contributed by atoms with Crippen molar-refractivity contribution in [2.45, 2.75) is 13.8 Å². The molecule has 0 saturated carbocycles. The lowest BCUT2D eigenvalue weighted by Gasteiger charge is -2.05. The molecule has 0 spiro atoms. The third-order valence-corrected chi connectivity index (χ3v) is 3.36. The van der Waals surface area contributed by atoms with E-state index in [1.807, 2.05) is 0 Å². The summed E-state index contributed by atoms with van der Waals surface area (Å²) >= 11 is 0. The van der Waals surface area contributed by atoms with Gasteiger partial charge in [0.15, 0.2) is 0 Å².